The van der Waals surface area contributed by atoms with Crippen LogP contribution < -0.4 is 0 Å². The quantitative estimate of drug-likeness (QED) is 0.209. The number of ketones is 1. The molecule has 2 rings (SSSR count). The number of rotatable bonds is 8. The van der Waals surface area contributed by atoms with Gasteiger partial charge in [0.15, 0.2) is 5.78 Å². The minimum absolute atomic E-state index is 0.0319. The van der Waals surface area contributed by atoms with Gasteiger partial charge in [0.1, 0.15) is 10.9 Å². The van der Waals surface area contributed by atoms with E-state index in [9.17, 15) is 19.6 Å². The maximum atomic E-state index is 12.8. The Balaban J connectivity index is 2.43. The van der Waals surface area contributed by atoms with Crippen LogP contribution in [0.5, 0.6) is 0 Å². The summed E-state index contributed by atoms with van der Waals surface area (Å²) in [5.41, 5.74) is 1.30. The molecule has 0 spiro atoms. The number of Topliss-reactive ketones (excluding diaryl/α,β-unsaturated/α-hetero) is 1. The van der Waals surface area contributed by atoms with Gasteiger partial charge in [-0.15, -0.1) is 11.3 Å². The van der Waals surface area contributed by atoms with E-state index in [1.54, 1.807) is 26.8 Å². The Kier molecular flexibility index (Phi) is 8.74. The number of nitriles is 1. The van der Waals surface area contributed by atoms with Gasteiger partial charge >= 0.3 is 11.9 Å². The van der Waals surface area contributed by atoms with E-state index >= 15 is 0 Å². The van der Waals surface area contributed by atoms with Gasteiger partial charge in [0.2, 0.25) is 0 Å². The largest absolute Gasteiger partial charge is 0.462 e. The third-order valence-corrected chi connectivity index (χ3v) is 6.00. The summed E-state index contributed by atoms with van der Waals surface area (Å²) in [4.78, 5) is 38.2. The summed E-state index contributed by atoms with van der Waals surface area (Å²) in [6, 6.07) is 9.32. The van der Waals surface area contributed by atoms with Crippen molar-refractivity contribution in [2.24, 2.45) is 0 Å². The zero-order valence-corrected chi connectivity index (χ0v) is 19.8. The van der Waals surface area contributed by atoms with Crippen LogP contribution >= 0.6 is 33.9 Å². The average molecular weight is 537 g/mol. The van der Waals surface area contributed by atoms with Crippen LogP contribution in [0.3, 0.4) is 0 Å². The summed E-state index contributed by atoms with van der Waals surface area (Å²) >= 11 is 3.17. The molecule has 1 aromatic heterocycles. The van der Waals surface area contributed by atoms with Gasteiger partial charge in [0.25, 0.3) is 0 Å². The van der Waals surface area contributed by atoms with Gasteiger partial charge < -0.3 is 9.47 Å². The molecule has 156 valence electrons. The maximum absolute atomic E-state index is 12.8. The fourth-order valence-corrected chi connectivity index (χ4v) is 4.49. The average Bonchev–Trinajstić information content (AvgIpc) is 3.02. The number of hydrogen-bond acceptors (Lipinski definition) is 7. The Morgan fingerprint density at radius 3 is 2.43 bits per heavy atom. The Bertz CT molecular complexity index is 1050. The summed E-state index contributed by atoms with van der Waals surface area (Å²) in [7, 11) is 0. The van der Waals surface area contributed by atoms with Gasteiger partial charge in [0.05, 0.1) is 24.4 Å². The standard InChI is InChI=1S/C22H20INO5S/c1-4-28-21(26)19-13(3)20(22(27)29-5-2)30-18(19)11-17(25)15(12-24)9-14-7-6-8-16(23)10-14/h6-10H,4-5,11H2,1-3H3. The molecule has 0 aliphatic rings. The maximum Gasteiger partial charge on any atom is 0.348 e. The molecule has 0 unspecified atom stereocenters. The van der Waals surface area contributed by atoms with Crippen LogP contribution in [0.1, 0.15) is 49.9 Å². The molecule has 6 nitrogen and oxygen atoms in total. The summed E-state index contributed by atoms with van der Waals surface area (Å²) < 4.78 is 11.1. The Morgan fingerprint density at radius 2 is 1.83 bits per heavy atom. The summed E-state index contributed by atoms with van der Waals surface area (Å²) in [5.74, 6) is -1.61. The molecule has 1 aromatic carbocycles. The van der Waals surface area contributed by atoms with Crippen molar-refractivity contribution in [1.29, 1.82) is 5.26 Å². The van der Waals surface area contributed by atoms with Crippen molar-refractivity contribution in [2.75, 3.05) is 13.2 Å². The van der Waals surface area contributed by atoms with Gasteiger partial charge in [-0.1, -0.05) is 12.1 Å². The van der Waals surface area contributed by atoms with Crippen molar-refractivity contribution in [3.05, 3.63) is 59.9 Å². The highest BCUT2D eigenvalue weighted by Gasteiger charge is 2.27. The second-order valence-corrected chi connectivity index (χ2v) is 8.47. The third kappa shape index (κ3) is 5.77. The topological polar surface area (TPSA) is 93.5 Å². The van der Waals surface area contributed by atoms with E-state index in [0.29, 0.717) is 10.4 Å². The van der Waals surface area contributed by atoms with Gasteiger partial charge in [-0.3, -0.25) is 4.79 Å². The first kappa shape index (κ1) is 23.8. The number of allylic oxidation sites excluding steroid dienone is 1. The second-order valence-electron chi connectivity index (χ2n) is 6.12. The van der Waals surface area contributed by atoms with Crippen molar-refractivity contribution in [3.8, 4) is 6.07 Å². The molecule has 0 amide bonds. The van der Waals surface area contributed by atoms with Crippen molar-refractivity contribution >= 4 is 57.7 Å². The molecular formula is C22H20INO5S. The molecule has 0 saturated carbocycles. The molecule has 0 fully saturated rings. The van der Waals surface area contributed by atoms with E-state index in [4.69, 9.17) is 9.47 Å². The van der Waals surface area contributed by atoms with E-state index in [2.05, 4.69) is 22.6 Å². The number of esters is 2. The molecule has 8 heteroatoms. The van der Waals surface area contributed by atoms with Gasteiger partial charge in [-0.2, -0.15) is 5.26 Å². The van der Waals surface area contributed by atoms with Crippen LogP contribution in [0.25, 0.3) is 6.08 Å². The van der Waals surface area contributed by atoms with Crippen LogP contribution in [0.4, 0.5) is 0 Å². The Labute approximate surface area is 192 Å². The molecule has 0 saturated heterocycles. The lowest BCUT2D eigenvalue weighted by Gasteiger charge is -2.05. The van der Waals surface area contributed by atoms with E-state index in [0.717, 1.165) is 20.5 Å². The zero-order chi connectivity index (χ0) is 22.3. The molecule has 0 aliphatic carbocycles. The van der Waals surface area contributed by atoms with Gasteiger partial charge in [0, 0.05) is 14.9 Å². The van der Waals surface area contributed by atoms with Crippen LogP contribution in [-0.2, 0) is 20.7 Å². The minimum atomic E-state index is -0.607. The minimum Gasteiger partial charge on any atom is -0.462 e. The van der Waals surface area contributed by atoms with Gasteiger partial charge in [-0.25, -0.2) is 9.59 Å². The van der Waals surface area contributed by atoms with Crippen LogP contribution in [0, 0.1) is 21.8 Å². The van der Waals surface area contributed by atoms with Crippen molar-refractivity contribution < 1.29 is 23.9 Å². The number of hydrogen-bond donors (Lipinski definition) is 0. The molecule has 0 aliphatic heterocycles. The Hall–Kier alpha value is -2.51. The SMILES string of the molecule is CCOC(=O)c1sc(CC(=O)C(C#N)=Cc2cccc(I)c2)c(C(=O)OCC)c1C. The lowest BCUT2D eigenvalue weighted by molar-refractivity contribution is -0.114. The monoisotopic (exact) mass is 537 g/mol. The van der Waals surface area contributed by atoms with Gasteiger partial charge in [-0.05, 0) is 72.7 Å². The number of ether oxygens (including phenoxy) is 2. The molecule has 0 atom stereocenters. The van der Waals surface area contributed by atoms with Crippen molar-refractivity contribution in [2.45, 2.75) is 27.2 Å². The first-order valence-electron chi connectivity index (χ1n) is 9.19. The lowest BCUT2D eigenvalue weighted by Crippen LogP contribution is -2.12. The summed E-state index contributed by atoms with van der Waals surface area (Å²) in [5, 5.41) is 9.48. The van der Waals surface area contributed by atoms with E-state index in [1.807, 2.05) is 24.3 Å². The number of carbonyl (C=O) groups is 3. The molecule has 2 aromatic rings. The number of benzene rings is 1. The predicted octanol–water partition coefficient (Wildman–Crippen LogP) is 4.73. The van der Waals surface area contributed by atoms with Crippen LogP contribution in [-0.4, -0.2) is 30.9 Å². The van der Waals surface area contributed by atoms with E-state index < -0.39 is 17.7 Å². The number of thiophene rings is 1. The number of halogens is 1. The predicted molar refractivity (Wildman–Crippen MR) is 122 cm³/mol. The smallest absolute Gasteiger partial charge is 0.348 e. The first-order valence-corrected chi connectivity index (χ1v) is 11.1. The highest BCUT2D eigenvalue weighted by atomic mass is 127. The number of carbonyl (C=O) groups excluding carboxylic acids is 3. The van der Waals surface area contributed by atoms with E-state index in [-0.39, 0.29) is 35.6 Å². The number of nitrogens with zero attached hydrogens (tertiary/aromatic N) is 1. The molecular weight excluding hydrogens is 517 g/mol. The van der Waals surface area contributed by atoms with Crippen LogP contribution in [0.2, 0.25) is 0 Å². The fraction of sp³-hybridized carbons (Fsp3) is 0.273. The molecule has 0 N–H and O–H groups in total. The summed E-state index contributed by atoms with van der Waals surface area (Å²) in [6.45, 7) is 5.33. The lowest BCUT2D eigenvalue weighted by atomic mass is 10.0. The highest BCUT2D eigenvalue weighted by molar-refractivity contribution is 14.1. The molecule has 30 heavy (non-hydrogen) atoms. The zero-order valence-electron chi connectivity index (χ0n) is 16.8. The normalized spacial score (nSPS) is 11.0. The first-order chi connectivity index (χ1) is 14.3. The molecule has 0 bridgehead atoms. The fourth-order valence-electron chi connectivity index (χ4n) is 2.74. The van der Waals surface area contributed by atoms with E-state index in [1.165, 1.54) is 6.08 Å². The summed E-state index contributed by atoms with van der Waals surface area (Å²) in [6.07, 6.45) is 1.32. The highest BCUT2D eigenvalue weighted by Crippen LogP contribution is 2.31. The van der Waals surface area contributed by atoms with Crippen molar-refractivity contribution in [1.82, 2.24) is 0 Å². The second kappa shape index (κ2) is 11.0. The Morgan fingerprint density at radius 1 is 1.17 bits per heavy atom. The molecule has 0 radical (unpaired) electrons. The third-order valence-electron chi connectivity index (χ3n) is 4.06. The van der Waals surface area contributed by atoms with Crippen molar-refractivity contribution in [3.63, 3.8) is 0 Å². The molecule has 1 heterocycles. The van der Waals surface area contributed by atoms with Crippen LogP contribution in [0.15, 0.2) is 29.8 Å².